The van der Waals surface area contributed by atoms with E-state index >= 15 is 0 Å². The second kappa shape index (κ2) is 7.90. The van der Waals surface area contributed by atoms with Crippen LogP contribution in [0.2, 0.25) is 0 Å². The second-order valence-corrected chi connectivity index (χ2v) is 6.48. The van der Waals surface area contributed by atoms with Crippen LogP contribution in [0.15, 0.2) is 47.3 Å². The molecule has 126 valence electrons. The van der Waals surface area contributed by atoms with Gasteiger partial charge in [0.1, 0.15) is 5.69 Å². The van der Waals surface area contributed by atoms with Gasteiger partial charge in [0, 0.05) is 6.07 Å². The average molecular weight is 325 g/mol. The van der Waals surface area contributed by atoms with Crippen molar-refractivity contribution < 1.29 is 4.79 Å². The number of benzene rings is 1. The lowest BCUT2D eigenvalue weighted by atomic mass is 9.83. The quantitative estimate of drug-likeness (QED) is 0.886. The van der Waals surface area contributed by atoms with Crippen LogP contribution >= 0.6 is 0 Å². The number of carbonyl (C=O) groups excluding carboxylic acids is 1. The second-order valence-electron chi connectivity index (χ2n) is 6.48. The van der Waals surface area contributed by atoms with Crippen LogP contribution in [0.3, 0.4) is 0 Å². The summed E-state index contributed by atoms with van der Waals surface area (Å²) in [5, 5.41) is 9.22. The topological polar surface area (TPSA) is 74.8 Å². The maximum absolute atomic E-state index is 12.5. The summed E-state index contributed by atoms with van der Waals surface area (Å²) >= 11 is 0. The number of hydrogen-bond acceptors (Lipinski definition) is 3. The summed E-state index contributed by atoms with van der Waals surface area (Å²) in [6, 6.07) is 12.8. The number of nitrogens with zero attached hydrogens (tertiary/aromatic N) is 1. The molecule has 1 atom stereocenters. The minimum atomic E-state index is -0.312. The summed E-state index contributed by atoms with van der Waals surface area (Å²) in [6.07, 6.45) is 7.29. The Morgan fingerprint density at radius 3 is 2.54 bits per heavy atom. The lowest BCUT2D eigenvalue weighted by Gasteiger charge is -2.27. The highest BCUT2D eigenvalue weighted by molar-refractivity contribution is 5.92. The Morgan fingerprint density at radius 2 is 1.88 bits per heavy atom. The van der Waals surface area contributed by atoms with E-state index in [-0.39, 0.29) is 23.2 Å². The first kappa shape index (κ1) is 16.4. The smallest absolute Gasteiger partial charge is 0.272 e. The molecule has 1 heterocycles. The molecule has 2 aromatic rings. The summed E-state index contributed by atoms with van der Waals surface area (Å²) in [7, 11) is 0. The molecule has 2 N–H and O–H groups in total. The van der Waals surface area contributed by atoms with E-state index in [4.69, 9.17) is 0 Å². The van der Waals surface area contributed by atoms with Gasteiger partial charge in [-0.2, -0.15) is 5.10 Å². The minimum absolute atomic E-state index is 0.0319. The number of hydrogen-bond donors (Lipinski definition) is 2. The van der Waals surface area contributed by atoms with Gasteiger partial charge in [-0.25, -0.2) is 5.10 Å². The molecule has 5 heteroatoms. The van der Waals surface area contributed by atoms with Crippen LogP contribution in [0.4, 0.5) is 0 Å². The summed E-state index contributed by atoms with van der Waals surface area (Å²) in [5.41, 5.74) is 1.04. The van der Waals surface area contributed by atoms with E-state index in [1.165, 1.54) is 44.2 Å². The van der Waals surface area contributed by atoms with Gasteiger partial charge in [-0.05, 0) is 24.0 Å². The first-order chi connectivity index (χ1) is 11.7. The number of aromatic amines is 1. The van der Waals surface area contributed by atoms with Crippen LogP contribution in [-0.4, -0.2) is 16.1 Å². The van der Waals surface area contributed by atoms with Gasteiger partial charge in [-0.1, -0.05) is 62.4 Å². The number of carbonyl (C=O) groups is 1. The molecule has 5 nitrogen and oxygen atoms in total. The number of rotatable bonds is 5. The van der Waals surface area contributed by atoms with Crippen LogP contribution in [0.5, 0.6) is 0 Å². The van der Waals surface area contributed by atoms with E-state index < -0.39 is 0 Å². The van der Waals surface area contributed by atoms with Crippen molar-refractivity contribution in [3.63, 3.8) is 0 Å². The molecule has 1 aliphatic rings. The Kier molecular flexibility index (Phi) is 5.41. The van der Waals surface area contributed by atoms with Crippen LogP contribution < -0.4 is 10.9 Å². The molecule has 1 amide bonds. The molecule has 1 aromatic heterocycles. The fourth-order valence-electron chi connectivity index (χ4n) is 3.42. The standard InChI is InChI=1S/C19H23N3O2/c23-18-12-11-16(21-22-18)19(24)20-17(15-9-5-2-6-10-15)13-14-7-3-1-4-8-14/h2,5-6,9-12,14,17H,1,3-4,7-8,13H2,(H,20,24)(H,22,23)/t17-/m1/s1. The van der Waals surface area contributed by atoms with Crippen LogP contribution in [0, 0.1) is 5.92 Å². The molecule has 3 rings (SSSR count). The van der Waals surface area contributed by atoms with Gasteiger partial charge >= 0.3 is 0 Å². The van der Waals surface area contributed by atoms with E-state index in [1.54, 1.807) is 0 Å². The first-order valence-electron chi connectivity index (χ1n) is 8.64. The Labute approximate surface area is 141 Å². The Morgan fingerprint density at radius 1 is 1.12 bits per heavy atom. The van der Waals surface area contributed by atoms with Gasteiger partial charge in [0.2, 0.25) is 0 Å². The molecule has 24 heavy (non-hydrogen) atoms. The van der Waals surface area contributed by atoms with Crippen molar-refractivity contribution in [1.29, 1.82) is 0 Å². The molecule has 0 saturated heterocycles. The van der Waals surface area contributed by atoms with Crippen molar-refractivity contribution in [3.05, 3.63) is 64.1 Å². The third-order valence-corrected chi connectivity index (χ3v) is 4.71. The average Bonchev–Trinajstić information content (AvgIpc) is 2.63. The van der Waals surface area contributed by atoms with Gasteiger partial charge in [-0.3, -0.25) is 9.59 Å². The third kappa shape index (κ3) is 4.31. The van der Waals surface area contributed by atoms with Crippen LogP contribution in [0.1, 0.15) is 60.6 Å². The normalized spacial score (nSPS) is 16.5. The molecular formula is C19H23N3O2. The Bertz CT molecular complexity index is 700. The number of H-pyrrole nitrogens is 1. The zero-order valence-electron chi connectivity index (χ0n) is 13.7. The van der Waals surface area contributed by atoms with Gasteiger partial charge in [0.05, 0.1) is 6.04 Å². The molecule has 0 spiro atoms. The predicted octanol–water partition coefficient (Wildman–Crippen LogP) is 3.21. The summed E-state index contributed by atoms with van der Waals surface area (Å²) in [4.78, 5) is 23.6. The van der Waals surface area contributed by atoms with E-state index in [9.17, 15) is 9.59 Å². The van der Waals surface area contributed by atoms with Crippen molar-refractivity contribution in [2.45, 2.75) is 44.6 Å². The highest BCUT2D eigenvalue weighted by Gasteiger charge is 2.22. The van der Waals surface area contributed by atoms with Crippen LogP contribution in [-0.2, 0) is 0 Å². The molecular weight excluding hydrogens is 302 g/mol. The van der Waals surface area contributed by atoms with E-state index in [0.29, 0.717) is 5.92 Å². The highest BCUT2D eigenvalue weighted by atomic mass is 16.2. The lowest BCUT2D eigenvalue weighted by molar-refractivity contribution is 0.0922. The molecule has 1 aliphatic carbocycles. The fraction of sp³-hybridized carbons (Fsp3) is 0.421. The van der Waals surface area contributed by atoms with Gasteiger partial charge in [0.15, 0.2) is 0 Å². The minimum Gasteiger partial charge on any atom is -0.344 e. The van der Waals surface area contributed by atoms with Gasteiger partial charge < -0.3 is 5.32 Å². The van der Waals surface area contributed by atoms with Crippen molar-refractivity contribution in [2.75, 3.05) is 0 Å². The van der Waals surface area contributed by atoms with E-state index in [2.05, 4.69) is 15.5 Å². The summed E-state index contributed by atoms with van der Waals surface area (Å²) < 4.78 is 0. The molecule has 1 saturated carbocycles. The summed E-state index contributed by atoms with van der Waals surface area (Å²) in [5.74, 6) is 0.392. The van der Waals surface area contributed by atoms with E-state index in [0.717, 1.165) is 12.0 Å². The predicted molar refractivity (Wildman–Crippen MR) is 92.7 cm³/mol. The largest absolute Gasteiger partial charge is 0.344 e. The maximum Gasteiger partial charge on any atom is 0.272 e. The molecule has 1 fully saturated rings. The molecule has 0 radical (unpaired) electrons. The van der Waals surface area contributed by atoms with Crippen molar-refractivity contribution in [1.82, 2.24) is 15.5 Å². The zero-order valence-corrected chi connectivity index (χ0v) is 13.7. The zero-order chi connectivity index (χ0) is 16.8. The monoisotopic (exact) mass is 325 g/mol. The number of amides is 1. The van der Waals surface area contributed by atoms with Crippen molar-refractivity contribution in [2.24, 2.45) is 5.92 Å². The molecule has 0 aliphatic heterocycles. The Balaban J connectivity index is 1.74. The number of aromatic nitrogens is 2. The fourth-order valence-corrected chi connectivity index (χ4v) is 3.42. The van der Waals surface area contributed by atoms with Crippen molar-refractivity contribution >= 4 is 5.91 Å². The van der Waals surface area contributed by atoms with Gasteiger partial charge in [0.25, 0.3) is 11.5 Å². The SMILES string of the molecule is O=C(N[C@H](CC1CCCCC1)c1ccccc1)c1ccc(=O)[nH]n1. The maximum atomic E-state index is 12.5. The number of nitrogens with one attached hydrogen (secondary N) is 2. The third-order valence-electron chi connectivity index (χ3n) is 4.71. The molecule has 0 bridgehead atoms. The first-order valence-corrected chi connectivity index (χ1v) is 8.64. The van der Waals surface area contributed by atoms with Gasteiger partial charge in [-0.15, -0.1) is 0 Å². The Hall–Kier alpha value is -2.43. The highest BCUT2D eigenvalue weighted by Crippen LogP contribution is 2.32. The molecule has 0 unspecified atom stereocenters. The van der Waals surface area contributed by atoms with Crippen LogP contribution in [0.25, 0.3) is 0 Å². The van der Waals surface area contributed by atoms with E-state index in [1.807, 2.05) is 30.3 Å². The van der Waals surface area contributed by atoms with Crippen molar-refractivity contribution in [3.8, 4) is 0 Å². The summed E-state index contributed by atoms with van der Waals surface area (Å²) in [6.45, 7) is 0. The molecule has 1 aromatic carbocycles. The lowest BCUT2D eigenvalue weighted by Crippen LogP contribution is -2.31.